The van der Waals surface area contributed by atoms with Crippen molar-refractivity contribution >= 4 is 29.2 Å². The Labute approximate surface area is 187 Å². The van der Waals surface area contributed by atoms with E-state index in [1.807, 2.05) is 49.4 Å². The Bertz CT molecular complexity index is 973. The van der Waals surface area contributed by atoms with E-state index in [-0.39, 0.29) is 37.0 Å². The normalized spacial score (nSPS) is 17.7. The smallest absolute Gasteiger partial charge is 0.332 e. The molecule has 0 spiro atoms. The number of nitrogens with zero attached hydrogens (tertiary/aromatic N) is 3. The molecular weight excluding hydrogens is 408 g/mol. The summed E-state index contributed by atoms with van der Waals surface area (Å²) in [6, 6.07) is 16.1. The summed E-state index contributed by atoms with van der Waals surface area (Å²) in [6.07, 6.45) is 1.45. The molecule has 1 N–H and O–H groups in total. The lowest BCUT2D eigenvalue weighted by Gasteiger charge is -2.35. The van der Waals surface area contributed by atoms with Crippen molar-refractivity contribution in [3.05, 3.63) is 54.6 Å². The van der Waals surface area contributed by atoms with Crippen LogP contribution in [-0.2, 0) is 9.59 Å². The molecule has 2 aromatic rings. The maximum atomic E-state index is 12.9. The standard InChI is InChI=1S/C24H28N4O4/c1-2-32-21-11-7-6-10-20(21)25-22(29)16-26-14-12-18(13-15-26)27-17-23(30)28(24(27)31)19-8-4-3-5-9-19/h3-11,18H,2,12-17H2,1H3,(H,25,29). The number of nitrogens with one attached hydrogen (secondary N) is 1. The van der Waals surface area contributed by atoms with Crippen molar-refractivity contribution < 1.29 is 19.1 Å². The maximum absolute atomic E-state index is 12.9. The maximum Gasteiger partial charge on any atom is 0.332 e. The average molecular weight is 437 g/mol. The first-order chi connectivity index (χ1) is 15.6. The van der Waals surface area contributed by atoms with Gasteiger partial charge in [-0.1, -0.05) is 30.3 Å². The van der Waals surface area contributed by atoms with Crippen LogP contribution in [0, 0.1) is 0 Å². The van der Waals surface area contributed by atoms with Crippen molar-refractivity contribution in [3.63, 3.8) is 0 Å². The van der Waals surface area contributed by atoms with Gasteiger partial charge in [0.05, 0.1) is 24.5 Å². The number of rotatable bonds is 7. The van der Waals surface area contributed by atoms with E-state index in [1.165, 1.54) is 4.90 Å². The second-order valence-electron chi connectivity index (χ2n) is 7.96. The minimum atomic E-state index is -0.259. The highest BCUT2D eigenvalue weighted by Gasteiger charge is 2.41. The molecule has 0 unspecified atom stereocenters. The molecule has 2 aromatic carbocycles. The topological polar surface area (TPSA) is 82.2 Å². The fraction of sp³-hybridized carbons (Fsp3) is 0.375. The first kappa shape index (κ1) is 21.8. The number of piperidine rings is 1. The van der Waals surface area contributed by atoms with E-state index < -0.39 is 0 Å². The van der Waals surface area contributed by atoms with Crippen molar-refractivity contribution in [2.75, 3.05) is 43.0 Å². The van der Waals surface area contributed by atoms with Crippen molar-refractivity contribution in [3.8, 4) is 5.75 Å². The highest BCUT2D eigenvalue weighted by atomic mass is 16.5. The predicted octanol–water partition coefficient (Wildman–Crippen LogP) is 2.96. The van der Waals surface area contributed by atoms with E-state index in [2.05, 4.69) is 10.2 Å². The van der Waals surface area contributed by atoms with Crippen molar-refractivity contribution in [2.45, 2.75) is 25.8 Å². The van der Waals surface area contributed by atoms with Gasteiger partial charge in [-0.05, 0) is 44.0 Å². The number of imide groups is 1. The average Bonchev–Trinajstić information content (AvgIpc) is 3.10. The van der Waals surface area contributed by atoms with Crippen LogP contribution < -0.4 is 15.0 Å². The van der Waals surface area contributed by atoms with Gasteiger partial charge in [-0.15, -0.1) is 0 Å². The molecule has 0 aromatic heterocycles. The second-order valence-corrected chi connectivity index (χ2v) is 7.96. The molecule has 0 bridgehead atoms. The summed E-state index contributed by atoms with van der Waals surface area (Å²) in [5.41, 5.74) is 1.27. The first-order valence-electron chi connectivity index (χ1n) is 11.0. The summed E-state index contributed by atoms with van der Waals surface area (Å²) in [6.45, 7) is 4.19. The Hall–Kier alpha value is -3.39. The molecule has 4 amide bonds. The van der Waals surface area contributed by atoms with Gasteiger partial charge in [0.25, 0.3) is 5.91 Å². The lowest BCUT2D eigenvalue weighted by Crippen LogP contribution is -2.48. The number of carbonyl (C=O) groups is 3. The molecule has 168 valence electrons. The number of hydrogen-bond acceptors (Lipinski definition) is 5. The minimum Gasteiger partial charge on any atom is -0.492 e. The number of para-hydroxylation sites is 3. The van der Waals surface area contributed by atoms with Gasteiger partial charge in [-0.25, -0.2) is 9.69 Å². The number of benzene rings is 2. The molecule has 2 fully saturated rings. The second kappa shape index (κ2) is 9.82. The molecule has 0 radical (unpaired) electrons. The van der Waals surface area contributed by atoms with E-state index in [0.29, 0.717) is 36.8 Å². The number of likely N-dealkylation sites (tertiary alicyclic amines) is 1. The van der Waals surface area contributed by atoms with E-state index in [1.54, 1.807) is 17.0 Å². The van der Waals surface area contributed by atoms with Gasteiger partial charge in [0.15, 0.2) is 0 Å². The van der Waals surface area contributed by atoms with Gasteiger partial charge in [0, 0.05) is 19.1 Å². The summed E-state index contributed by atoms with van der Waals surface area (Å²) in [5, 5.41) is 2.92. The van der Waals surface area contributed by atoms with Crippen LogP contribution in [0.3, 0.4) is 0 Å². The first-order valence-corrected chi connectivity index (χ1v) is 11.0. The number of carbonyl (C=O) groups excluding carboxylic acids is 3. The third-order valence-electron chi connectivity index (χ3n) is 5.83. The molecule has 2 heterocycles. The van der Waals surface area contributed by atoms with Gasteiger partial charge in [-0.2, -0.15) is 0 Å². The summed E-state index contributed by atoms with van der Waals surface area (Å²) < 4.78 is 5.56. The van der Waals surface area contributed by atoms with Gasteiger partial charge >= 0.3 is 6.03 Å². The number of urea groups is 1. The molecule has 8 nitrogen and oxygen atoms in total. The van der Waals surface area contributed by atoms with Crippen LogP contribution in [0.1, 0.15) is 19.8 Å². The van der Waals surface area contributed by atoms with E-state index in [4.69, 9.17) is 4.74 Å². The predicted molar refractivity (Wildman–Crippen MR) is 122 cm³/mol. The Morgan fingerprint density at radius 3 is 2.44 bits per heavy atom. The molecule has 4 rings (SSSR count). The number of ether oxygens (including phenoxy) is 1. The van der Waals surface area contributed by atoms with E-state index in [0.717, 1.165) is 12.8 Å². The Morgan fingerprint density at radius 1 is 1.03 bits per heavy atom. The van der Waals surface area contributed by atoms with Gasteiger partial charge in [0.2, 0.25) is 5.91 Å². The lowest BCUT2D eigenvalue weighted by atomic mass is 10.0. The largest absolute Gasteiger partial charge is 0.492 e. The van der Waals surface area contributed by atoms with Crippen LogP contribution in [-0.4, -0.2) is 66.5 Å². The third-order valence-corrected chi connectivity index (χ3v) is 5.83. The van der Waals surface area contributed by atoms with Gasteiger partial charge < -0.3 is 15.0 Å². The van der Waals surface area contributed by atoms with Crippen molar-refractivity contribution in [1.29, 1.82) is 0 Å². The Morgan fingerprint density at radius 2 is 1.72 bits per heavy atom. The monoisotopic (exact) mass is 436 g/mol. The molecule has 2 aliphatic heterocycles. The molecule has 32 heavy (non-hydrogen) atoms. The summed E-state index contributed by atoms with van der Waals surface area (Å²) in [7, 11) is 0. The zero-order valence-corrected chi connectivity index (χ0v) is 18.2. The molecule has 8 heteroatoms. The van der Waals surface area contributed by atoms with Crippen molar-refractivity contribution in [2.24, 2.45) is 0 Å². The molecule has 2 aliphatic rings. The number of hydrogen-bond donors (Lipinski definition) is 1. The third kappa shape index (κ3) is 4.75. The van der Waals surface area contributed by atoms with Crippen LogP contribution in [0.4, 0.5) is 16.2 Å². The van der Waals surface area contributed by atoms with Gasteiger partial charge in [0.1, 0.15) is 12.3 Å². The molecule has 0 atom stereocenters. The molecular formula is C24H28N4O4. The highest BCUT2D eigenvalue weighted by Crippen LogP contribution is 2.27. The summed E-state index contributed by atoms with van der Waals surface area (Å²) in [5.74, 6) is 0.358. The lowest BCUT2D eigenvalue weighted by molar-refractivity contribution is -0.117. The zero-order valence-electron chi connectivity index (χ0n) is 18.2. The summed E-state index contributed by atoms with van der Waals surface area (Å²) >= 11 is 0. The number of amides is 4. The summed E-state index contributed by atoms with van der Waals surface area (Å²) in [4.78, 5) is 42.9. The molecule has 0 aliphatic carbocycles. The van der Waals surface area contributed by atoms with Crippen LogP contribution >= 0.6 is 0 Å². The highest BCUT2D eigenvalue weighted by molar-refractivity contribution is 6.19. The minimum absolute atomic E-state index is 0.00171. The molecule has 2 saturated heterocycles. The van der Waals surface area contributed by atoms with E-state index in [9.17, 15) is 14.4 Å². The zero-order chi connectivity index (χ0) is 22.5. The van der Waals surface area contributed by atoms with Crippen LogP contribution in [0.15, 0.2) is 54.6 Å². The Kier molecular flexibility index (Phi) is 6.70. The van der Waals surface area contributed by atoms with Crippen LogP contribution in [0.5, 0.6) is 5.75 Å². The van der Waals surface area contributed by atoms with Crippen LogP contribution in [0.2, 0.25) is 0 Å². The van der Waals surface area contributed by atoms with Crippen LogP contribution in [0.25, 0.3) is 0 Å². The van der Waals surface area contributed by atoms with E-state index >= 15 is 0 Å². The fourth-order valence-corrected chi connectivity index (χ4v) is 4.27. The SMILES string of the molecule is CCOc1ccccc1NC(=O)CN1CCC(N2CC(=O)N(c3ccccc3)C2=O)CC1. The Balaban J connectivity index is 1.30. The number of anilines is 2. The fourth-order valence-electron chi connectivity index (χ4n) is 4.27. The quantitative estimate of drug-likeness (QED) is 0.675. The van der Waals surface area contributed by atoms with Gasteiger partial charge in [-0.3, -0.25) is 14.5 Å². The van der Waals surface area contributed by atoms with Crippen molar-refractivity contribution in [1.82, 2.24) is 9.80 Å². The molecule has 0 saturated carbocycles.